The van der Waals surface area contributed by atoms with Crippen molar-refractivity contribution in [1.29, 1.82) is 0 Å². The van der Waals surface area contributed by atoms with E-state index in [0.717, 1.165) is 12.8 Å². The quantitative estimate of drug-likeness (QED) is 0.546. The van der Waals surface area contributed by atoms with Crippen molar-refractivity contribution in [3.05, 3.63) is 24.0 Å². The molecule has 0 saturated heterocycles. The average molecular weight is 234 g/mol. The van der Waals surface area contributed by atoms with Gasteiger partial charge in [0, 0.05) is 6.04 Å². The van der Waals surface area contributed by atoms with Gasteiger partial charge in [-0.3, -0.25) is 10.6 Å². The minimum atomic E-state index is -0.0968. The Labute approximate surface area is 101 Å². The van der Waals surface area contributed by atoms with Crippen molar-refractivity contribution in [1.82, 2.24) is 10.3 Å². The van der Waals surface area contributed by atoms with E-state index >= 15 is 0 Å². The van der Waals surface area contributed by atoms with Crippen LogP contribution in [0.4, 0.5) is 5.69 Å². The lowest BCUT2D eigenvalue weighted by Gasteiger charge is -2.22. The Bertz CT molecular complexity index is 371. The topological polar surface area (TPSA) is 80.0 Å². The zero-order valence-electron chi connectivity index (χ0n) is 9.78. The fraction of sp³-hybridized carbons (Fsp3) is 0.500. The molecule has 1 aromatic rings. The third kappa shape index (κ3) is 3.17. The lowest BCUT2D eigenvalue weighted by atomic mass is 9.95. The van der Waals surface area contributed by atoms with E-state index in [9.17, 15) is 4.79 Å². The van der Waals surface area contributed by atoms with Crippen molar-refractivity contribution in [3.8, 4) is 0 Å². The summed E-state index contributed by atoms with van der Waals surface area (Å²) in [6.45, 7) is 0. The van der Waals surface area contributed by atoms with E-state index < -0.39 is 0 Å². The van der Waals surface area contributed by atoms with Crippen LogP contribution in [0.15, 0.2) is 18.3 Å². The molecule has 1 amide bonds. The van der Waals surface area contributed by atoms with Gasteiger partial charge in [0.15, 0.2) is 0 Å². The molecule has 1 aromatic heterocycles. The summed E-state index contributed by atoms with van der Waals surface area (Å²) in [7, 11) is 0. The standard InChI is InChI=1S/C12H18N4O/c13-16-10-6-7-11(14-8-10)12(17)15-9-4-2-1-3-5-9/h6-9,16H,1-5,13H2,(H,15,17). The van der Waals surface area contributed by atoms with E-state index in [-0.39, 0.29) is 5.91 Å². The van der Waals surface area contributed by atoms with Gasteiger partial charge < -0.3 is 10.7 Å². The molecule has 0 spiro atoms. The lowest BCUT2D eigenvalue weighted by Crippen LogP contribution is -2.36. The van der Waals surface area contributed by atoms with Gasteiger partial charge in [-0.1, -0.05) is 19.3 Å². The number of nitrogens with one attached hydrogen (secondary N) is 2. The molecule has 0 aromatic carbocycles. The van der Waals surface area contributed by atoms with Crippen LogP contribution in [0.1, 0.15) is 42.6 Å². The number of amides is 1. The van der Waals surface area contributed by atoms with E-state index in [1.165, 1.54) is 19.3 Å². The monoisotopic (exact) mass is 234 g/mol. The van der Waals surface area contributed by atoms with Gasteiger partial charge in [0.25, 0.3) is 5.91 Å². The van der Waals surface area contributed by atoms with Gasteiger partial charge in [0.1, 0.15) is 5.69 Å². The highest BCUT2D eigenvalue weighted by Gasteiger charge is 2.17. The summed E-state index contributed by atoms with van der Waals surface area (Å²) in [4.78, 5) is 15.9. The number of rotatable bonds is 3. The number of carbonyl (C=O) groups is 1. The zero-order valence-corrected chi connectivity index (χ0v) is 9.78. The minimum absolute atomic E-state index is 0.0968. The first kappa shape index (κ1) is 11.9. The highest BCUT2D eigenvalue weighted by molar-refractivity contribution is 5.92. The van der Waals surface area contributed by atoms with Gasteiger partial charge in [-0.15, -0.1) is 0 Å². The minimum Gasteiger partial charge on any atom is -0.348 e. The Hall–Kier alpha value is -1.62. The predicted molar refractivity (Wildman–Crippen MR) is 66.4 cm³/mol. The highest BCUT2D eigenvalue weighted by atomic mass is 16.1. The summed E-state index contributed by atoms with van der Waals surface area (Å²) < 4.78 is 0. The molecule has 1 fully saturated rings. The van der Waals surface area contributed by atoms with Gasteiger partial charge >= 0.3 is 0 Å². The molecule has 4 N–H and O–H groups in total. The number of nitrogens with zero attached hydrogens (tertiary/aromatic N) is 1. The Kier molecular flexibility index (Phi) is 3.93. The first-order valence-electron chi connectivity index (χ1n) is 6.03. The van der Waals surface area contributed by atoms with E-state index in [4.69, 9.17) is 5.84 Å². The fourth-order valence-electron chi connectivity index (χ4n) is 2.12. The SMILES string of the molecule is NNc1ccc(C(=O)NC2CCCCC2)nc1. The number of hydrazine groups is 1. The van der Waals surface area contributed by atoms with E-state index in [1.807, 2.05) is 0 Å². The number of aromatic nitrogens is 1. The van der Waals surface area contributed by atoms with Crippen LogP contribution >= 0.6 is 0 Å². The van der Waals surface area contributed by atoms with Crippen molar-refractivity contribution in [2.75, 3.05) is 5.43 Å². The lowest BCUT2D eigenvalue weighted by molar-refractivity contribution is 0.0922. The molecule has 1 saturated carbocycles. The van der Waals surface area contributed by atoms with Gasteiger partial charge in [-0.25, -0.2) is 4.98 Å². The summed E-state index contributed by atoms with van der Waals surface area (Å²) in [5.41, 5.74) is 3.61. The van der Waals surface area contributed by atoms with Gasteiger partial charge in [0.2, 0.25) is 0 Å². The number of hydrogen-bond acceptors (Lipinski definition) is 4. The molecule has 17 heavy (non-hydrogen) atoms. The highest BCUT2D eigenvalue weighted by Crippen LogP contribution is 2.17. The second kappa shape index (κ2) is 5.63. The van der Waals surface area contributed by atoms with Crippen molar-refractivity contribution in [2.24, 2.45) is 5.84 Å². The molecule has 0 atom stereocenters. The molecule has 0 aliphatic heterocycles. The fourth-order valence-corrected chi connectivity index (χ4v) is 2.12. The summed E-state index contributed by atoms with van der Waals surface area (Å²) in [6, 6.07) is 3.72. The first-order valence-corrected chi connectivity index (χ1v) is 6.03. The second-order valence-electron chi connectivity index (χ2n) is 4.38. The molecule has 0 unspecified atom stereocenters. The molecular formula is C12H18N4O. The molecule has 92 valence electrons. The molecular weight excluding hydrogens is 216 g/mol. The van der Waals surface area contributed by atoms with Crippen LogP contribution in [0, 0.1) is 0 Å². The number of carbonyl (C=O) groups excluding carboxylic acids is 1. The van der Waals surface area contributed by atoms with Crippen molar-refractivity contribution < 1.29 is 4.79 Å². The predicted octanol–water partition coefficient (Wildman–Crippen LogP) is 1.43. The van der Waals surface area contributed by atoms with Crippen molar-refractivity contribution in [3.63, 3.8) is 0 Å². The second-order valence-corrected chi connectivity index (χ2v) is 4.38. The maximum Gasteiger partial charge on any atom is 0.270 e. The van der Waals surface area contributed by atoms with Crippen LogP contribution in [-0.2, 0) is 0 Å². The van der Waals surface area contributed by atoms with Crippen LogP contribution in [-0.4, -0.2) is 16.9 Å². The van der Waals surface area contributed by atoms with E-state index in [1.54, 1.807) is 18.3 Å². The van der Waals surface area contributed by atoms with Crippen LogP contribution in [0.2, 0.25) is 0 Å². The molecule has 1 aliphatic rings. The average Bonchev–Trinajstić information content (AvgIpc) is 2.40. The maximum atomic E-state index is 11.9. The largest absolute Gasteiger partial charge is 0.348 e. The van der Waals surface area contributed by atoms with Crippen molar-refractivity contribution in [2.45, 2.75) is 38.1 Å². The van der Waals surface area contributed by atoms with Crippen molar-refractivity contribution >= 4 is 11.6 Å². The molecule has 0 radical (unpaired) electrons. The summed E-state index contributed by atoms with van der Waals surface area (Å²) in [5.74, 6) is 5.14. The third-order valence-electron chi connectivity index (χ3n) is 3.10. The van der Waals surface area contributed by atoms with Crippen LogP contribution < -0.4 is 16.6 Å². The molecule has 5 heteroatoms. The number of nitrogen functional groups attached to an aromatic ring is 1. The number of pyridine rings is 1. The van der Waals surface area contributed by atoms with Gasteiger partial charge in [0.05, 0.1) is 11.9 Å². The Morgan fingerprint density at radius 1 is 1.29 bits per heavy atom. The summed E-state index contributed by atoms with van der Waals surface area (Å²) in [5, 5.41) is 3.02. The first-order chi connectivity index (χ1) is 8.29. The Morgan fingerprint density at radius 3 is 2.65 bits per heavy atom. The molecule has 0 bridgehead atoms. The maximum absolute atomic E-state index is 11.9. The zero-order chi connectivity index (χ0) is 12.1. The molecule has 5 nitrogen and oxygen atoms in total. The van der Waals surface area contributed by atoms with Crippen LogP contribution in [0.3, 0.4) is 0 Å². The van der Waals surface area contributed by atoms with E-state index in [0.29, 0.717) is 17.4 Å². The van der Waals surface area contributed by atoms with E-state index in [2.05, 4.69) is 15.7 Å². The van der Waals surface area contributed by atoms with Crippen LogP contribution in [0.25, 0.3) is 0 Å². The smallest absolute Gasteiger partial charge is 0.270 e. The molecule has 1 heterocycles. The van der Waals surface area contributed by atoms with Gasteiger partial charge in [-0.05, 0) is 25.0 Å². The number of anilines is 1. The Morgan fingerprint density at radius 2 is 2.06 bits per heavy atom. The molecule has 2 rings (SSSR count). The van der Waals surface area contributed by atoms with Crippen LogP contribution in [0.5, 0.6) is 0 Å². The molecule has 1 aliphatic carbocycles. The third-order valence-corrected chi connectivity index (χ3v) is 3.10. The number of hydrogen-bond donors (Lipinski definition) is 3. The van der Waals surface area contributed by atoms with Gasteiger partial charge in [-0.2, -0.15) is 0 Å². The number of nitrogens with two attached hydrogens (primary N) is 1. The Balaban J connectivity index is 1.93. The normalized spacial score (nSPS) is 16.5. The summed E-state index contributed by atoms with van der Waals surface area (Å²) >= 11 is 0. The summed E-state index contributed by atoms with van der Waals surface area (Å²) in [6.07, 6.45) is 7.39.